The summed E-state index contributed by atoms with van der Waals surface area (Å²) in [6, 6.07) is 6.20. The van der Waals surface area contributed by atoms with Gasteiger partial charge in [0, 0.05) is 32.7 Å². The molecule has 0 N–H and O–H groups in total. The molecule has 0 saturated carbocycles. The Hall–Kier alpha value is -1.40. The maximum absolute atomic E-state index is 12.4. The lowest BCUT2D eigenvalue weighted by Gasteiger charge is -2.18. The maximum atomic E-state index is 12.4. The van der Waals surface area contributed by atoms with Crippen LogP contribution in [0.25, 0.3) is 0 Å². The van der Waals surface area contributed by atoms with E-state index >= 15 is 0 Å². The molecule has 1 amide bonds. The average Bonchev–Trinajstić information content (AvgIpc) is 2.56. The predicted molar refractivity (Wildman–Crippen MR) is 93.0 cm³/mol. The van der Waals surface area contributed by atoms with Crippen molar-refractivity contribution in [2.45, 2.75) is 44.4 Å². The molecule has 0 heterocycles. The average molecular weight is 340 g/mol. The number of hydrogen-bond acceptors (Lipinski definition) is 3. The fourth-order valence-electron chi connectivity index (χ4n) is 2.17. The van der Waals surface area contributed by atoms with Crippen LogP contribution in [0.15, 0.2) is 29.2 Å². The van der Waals surface area contributed by atoms with Crippen molar-refractivity contribution >= 4 is 15.9 Å². The Morgan fingerprint density at radius 1 is 0.957 bits per heavy atom. The molecule has 0 atom stereocenters. The minimum absolute atomic E-state index is 0.0817. The minimum atomic E-state index is -3.48. The Kier molecular flexibility index (Phi) is 7.72. The Morgan fingerprint density at radius 3 is 2.00 bits per heavy atom. The van der Waals surface area contributed by atoms with Crippen molar-refractivity contribution in [3.05, 3.63) is 29.8 Å². The first-order valence-corrected chi connectivity index (χ1v) is 9.60. The van der Waals surface area contributed by atoms with Crippen LogP contribution in [0.2, 0.25) is 0 Å². The van der Waals surface area contributed by atoms with E-state index in [0.717, 1.165) is 25.7 Å². The van der Waals surface area contributed by atoms with Crippen molar-refractivity contribution in [3.8, 4) is 0 Å². The molecule has 0 spiro atoms. The largest absolute Gasteiger partial charge is 0.342 e. The van der Waals surface area contributed by atoms with Crippen LogP contribution in [0, 0.1) is 0 Å². The highest BCUT2D eigenvalue weighted by Crippen LogP contribution is 2.16. The number of rotatable bonds is 9. The second kappa shape index (κ2) is 9.03. The first kappa shape index (κ1) is 19.6. The van der Waals surface area contributed by atoms with Crippen LogP contribution in [-0.4, -0.2) is 50.7 Å². The quantitative estimate of drug-likeness (QED) is 0.694. The summed E-state index contributed by atoms with van der Waals surface area (Å²) < 4.78 is 26.2. The molecule has 23 heavy (non-hydrogen) atoms. The SMILES string of the molecule is CCCCN(C)C(=O)c1ccc(S(=O)(=O)N(C)CCCC)cc1. The number of amides is 1. The molecule has 0 aliphatic heterocycles. The predicted octanol–water partition coefficient (Wildman–Crippen LogP) is 2.98. The molecule has 0 saturated heterocycles. The van der Waals surface area contributed by atoms with Crippen LogP contribution in [-0.2, 0) is 10.0 Å². The molecule has 1 aromatic carbocycles. The van der Waals surface area contributed by atoms with Crippen LogP contribution in [0.5, 0.6) is 0 Å². The molecule has 0 aliphatic carbocycles. The summed E-state index contributed by atoms with van der Waals surface area (Å²) in [5, 5.41) is 0. The van der Waals surface area contributed by atoms with Gasteiger partial charge in [0.2, 0.25) is 10.0 Å². The van der Waals surface area contributed by atoms with Crippen molar-refractivity contribution in [2.24, 2.45) is 0 Å². The zero-order valence-electron chi connectivity index (χ0n) is 14.6. The number of carbonyl (C=O) groups is 1. The van der Waals surface area contributed by atoms with Gasteiger partial charge in [-0.3, -0.25) is 4.79 Å². The van der Waals surface area contributed by atoms with E-state index in [1.165, 1.54) is 16.4 Å². The van der Waals surface area contributed by atoms with Gasteiger partial charge in [0.25, 0.3) is 5.91 Å². The Balaban J connectivity index is 2.85. The third kappa shape index (κ3) is 5.32. The number of carbonyl (C=O) groups excluding carboxylic acids is 1. The summed E-state index contributed by atoms with van der Waals surface area (Å²) in [7, 11) is -0.129. The van der Waals surface area contributed by atoms with Crippen LogP contribution in [0.4, 0.5) is 0 Å². The number of unbranched alkanes of at least 4 members (excludes halogenated alkanes) is 2. The zero-order valence-corrected chi connectivity index (χ0v) is 15.4. The Morgan fingerprint density at radius 2 is 1.48 bits per heavy atom. The Bertz CT molecular complexity index is 597. The summed E-state index contributed by atoms with van der Waals surface area (Å²) in [4.78, 5) is 14.1. The monoisotopic (exact) mass is 340 g/mol. The van der Waals surface area contributed by atoms with E-state index in [9.17, 15) is 13.2 Å². The van der Waals surface area contributed by atoms with Gasteiger partial charge < -0.3 is 4.90 Å². The highest BCUT2D eigenvalue weighted by molar-refractivity contribution is 7.89. The smallest absolute Gasteiger partial charge is 0.253 e. The van der Waals surface area contributed by atoms with Gasteiger partial charge in [-0.15, -0.1) is 0 Å². The van der Waals surface area contributed by atoms with Crippen molar-refractivity contribution in [2.75, 3.05) is 27.2 Å². The first-order chi connectivity index (χ1) is 10.8. The lowest BCUT2D eigenvalue weighted by atomic mass is 10.2. The van der Waals surface area contributed by atoms with Crippen molar-refractivity contribution < 1.29 is 13.2 Å². The van der Waals surface area contributed by atoms with Gasteiger partial charge in [-0.1, -0.05) is 26.7 Å². The molecule has 130 valence electrons. The fraction of sp³-hybridized carbons (Fsp3) is 0.588. The summed E-state index contributed by atoms with van der Waals surface area (Å²) in [6.45, 7) is 5.30. The van der Waals surface area contributed by atoms with Crippen LogP contribution >= 0.6 is 0 Å². The third-order valence-corrected chi connectivity index (χ3v) is 5.70. The molecule has 0 bridgehead atoms. The molecule has 0 unspecified atom stereocenters. The molecule has 6 heteroatoms. The van der Waals surface area contributed by atoms with Crippen molar-refractivity contribution in [1.29, 1.82) is 0 Å². The van der Waals surface area contributed by atoms with E-state index in [1.54, 1.807) is 31.1 Å². The van der Waals surface area contributed by atoms with Gasteiger partial charge in [0.05, 0.1) is 4.90 Å². The topological polar surface area (TPSA) is 57.7 Å². The van der Waals surface area contributed by atoms with E-state index in [4.69, 9.17) is 0 Å². The third-order valence-electron chi connectivity index (χ3n) is 3.83. The second-order valence-electron chi connectivity index (χ2n) is 5.78. The van der Waals surface area contributed by atoms with E-state index < -0.39 is 10.0 Å². The lowest BCUT2D eigenvalue weighted by molar-refractivity contribution is 0.0793. The highest BCUT2D eigenvalue weighted by Gasteiger charge is 2.21. The van der Waals surface area contributed by atoms with Gasteiger partial charge in [-0.25, -0.2) is 12.7 Å². The molecule has 0 radical (unpaired) electrons. The molecule has 1 rings (SSSR count). The molecule has 5 nitrogen and oxygen atoms in total. The standard InChI is InChI=1S/C17H28N2O3S/c1-5-7-13-18(3)17(20)15-9-11-16(12-10-15)23(21,22)19(4)14-8-6-2/h9-12H,5-8,13-14H2,1-4H3. The number of benzene rings is 1. The van der Waals surface area contributed by atoms with Crippen molar-refractivity contribution in [1.82, 2.24) is 9.21 Å². The second-order valence-corrected chi connectivity index (χ2v) is 7.83. The Labute approximate surface area is 140 Å². The lowest BCUT2D eigenvalue weighted by Crippen LogP contribution is -2.29. The molecule has 0 fully saturated rings. The highest BCUT2D eigenvalue weighted by atomic mass is 32.2. The van der Waals surface area contributed by atoms with Gasteiger partial charge in [0.1, 0.15) is 0 Å². The molecule has 1 aromatic rings. The van der Waals surface area contributed by atoms with E-state index in [1.807, 2.05) is 6.92 Å². The molecule has 0 aromatic heterocycles. The molecule has 0 aliphatic rings. The van der Waals surface area contributed by atoms with Gasteiger partial charge >= 0.3 is 0 Å². The zero-order chi connectivity index (χ0) is 17.5. The van der Waals surface area contributed by atoms with E-state index in [2.05, 4.69) is 6.92 Å². The summed E-state index contributed by atoms with van der Waals surface area (Å²) in [5.74, 6) is -0.0817. The normalized spacial score (nSPS) is 11.7. The summed E-state index contributed by atoms with van der Waals surface area (Å²) in [6.07, 6.45) is 3.75. The summed E-state index contributed by atoms with van der Waals surface area (Å²) in [5.41, 5.74) is 0.513. The molecular weight excluding hydrogens is 312 g/mol. The van der Waals surface area contributed by atoms with Crippen LogP contribution in [0.3, 0.4) is 0 Å². The van der Waals surface area contributed by atoms with Crippen molar-refractivity contribution in [3.63, 3.8) is 0 Å². The molecular formula is C17H28N2O3S. The minimum Gasteiger partial charge on any atom is -0.342 e. The number of sulfonamides is 1. The van der Waals surface area contributed by atoms with E-state index in [0.29, 0.717) is 18.7 Å². The fourth-order valence-corrected chi connectivity index (χ4v) is 3.38. The maximum Gasteiger partial charge on any atom is 0.253 e. The van der Waals surface area contributed by atoms with Gasteiger partial charge in [0.15, 0.2) is 0 Å². The number of nitrogens with zero attached hydrogens (tertiary/aromatic N) is 2. The van der Waals surface area contributed by atoms with Gasteiger partial charge in [-0.05, 0) is 37.1 Å². The van der Waals surface area contributed by atoms with Crippen LogP contribution in [0.1, 0.15) is 49.9 Å². The summed E-state index contributed by atoms with van der Waals surface area (Å²) >= 11 is 0. The first-order valence-electron chi connectivity index (χ1n) is 8.16. The van der Waals surface area contributed by atoms with E-state index in [-0.39, 0.29) is 10.8 Å². The number of hydrogen-bond donors (Lipinski definition) is 0. The van der Waals surface area contributed by atoms with Crippen LogP contribution < -0.4 is 0 Å². The van der Waals surface area contributed by atoms with Gasteiger partial charge in [-0.2, -0.15) is 0 Å².